The number of piperazine rings is 1. The molecule has 262 valence electrons. The maximum Gasteiger partial charge on any atom is 0.255 e. The van der Waals surface area contributed by atoms with Gasteiger partial charge in [-0.3, -0.25) is 14.6 Å². The first-order chi connectivity index (χ1) is 24.2. The second-order valence-corrected chi connectivity index (χ2v) is 14.6. The second-order valence-electron chi connectivity index (χ2n) is 14.6. The van der Waals surface area contributed by atoms with Crippen molar-refractivity contribution in [3.8, 4) is 22.3 Å². The summed E-state index contributed by atoms with van der Waals surface area (Å²) >= 11 is 0. The van der Waals surface area contributed by atoms with Gasteiger partial charge in [-0.15, -0.1) is 0 Å². The number of ether oxygens (including phenoxy) is 1. The summed E-state index contributed by atoms with van der Waals surface area (Å²) < 4.78 is 19.7. The molecule has 3 aliphatic rings. The third-order valence-electron chi connectivity index (χ3n) is 10.9. The number of hydrogen-bond acceptors (Lipinski definition) is 8. The van der Waals surface area contributed by atoms with Crippen LogP contribution in [0, 0.1) is 5.95 Å². The first kappa shape index (κ1) is 34.2. The molecule has 0 unspecified atom stereocenters. The predicted octanol–water partition coefficient (Wildman–Crippen LogP) is 5.73. The minimum atomic E-state index is -0.572. The highest BCUT2D eigenvalue weighted by molar-refractivity contribution is 5.99. The Kier molecular flexibility index (Phi) is 9.97. The molecule has 4 N–H and O–H groups in total. The number of nitrogen functional groups attached to an aromatic ring is 1. The number of anilines is 1. The highest BCUT2D eigenvalue weighted by Crippen LogP contribution is 2.48. The Morgan fingerprint density at radius 2 is 1.70 bits per heavy atom. The molecule has 0 radical (unpaired) electrons. The average molecular weight is 679 g/mol. The molecule has 2 fully saturated rings. The maximum absolute atomic E-state index is 13.3. The lowest BCUT2D eigenvalue weighted by molar-refractivity contribution is 0.0272. The number of rotatable bonds is 10. The first-order valence-corrected chi connectivity index (χ1v) is 17.8. The molecule has 1 aliphatic heterocycles. The molecule has 3 heterocycles. The van der Waals surface area contributed by atoms with Gasteiger partial charge in [-0.2, -0.15) is 4.39 Å². The van der Waals surface area contributed by atoms with E-state index in [1.807, 2.05) is 0 Å². The van der Waals surface area contributed by atoms with Crippen LogP contribution in [-0.2, 0) is 16.8 Å². The van der Waals surface area contributed by atoms with Crippen molar-refractivity contribution >= 4 is 11.7 Å². The van der Waals surface area contributed by atoms with Gasteiger partial charge in [0.05, 0.1) is 30.9 Å². The van der Waals surface area contributed by atoms with Crippen molar-refractivity contribution in [1.29, 1.82) is 0 Å². The Morgan fingerprint density at radius 3 is 2.44 bits per heavy atom. The van der Waals surface area contributed by atoms with Crippen molar-refractivity contribution in [2.24, 2.45) is 0 Å². The van der Waals surface area contributed by atoms with Crippen LogP contribution in [0.4, 0.5) is 10.2 Å². The molecule has 3 atom stereocenters. The third kappa shape index (κ3) is 7.30. The van der Waals surface area contributed by atoms with Crippen LogP contribution >= 0.6 is 0 Å². The quantitative estimate of drug-likeness (QED) is 0.182. The van der Waals surface area contributed by atoms with Crippen molar-refractivity contribution in [2.75, 3.05) is 45.1 Å². The number of hydrogen-bond donors (Lipinski definition) is 3. The van der Waals surface area contributed by atoms with Crippen LogP contribution in [0.15, 0.2) is 73.1 Å². The lowest BCUT2D eigenvalue weighted by Crippen LogP contribution is -2.48. The fourth-order valence-corrected chi connectivity index (χ4v) is 7.98. The molecule has 1 amide bonds. The van der Waals surface area contributed by atoms with Crippen LogP contribution in [0.3, 0.4) is 0 Å². The Hall–Kier alpha value is -4.22. The minimum absolute atomic E-state index is 0.102. The van der Waals surface area contributed by atoms with Gasteiger partial charge in [0.25, 0.3) is 5.91 Å². The molecule has 1 saturated heterocycles. The van der Waals surface area contributed by atoms with Gasteiger partial charge in [0.15, 0.2) is 0 Å². The van der Waals surface area contributed by atoms with E-state index in [-0.39, 0.29) is 41.5 Å². The highest BCUT2D eigenvalue weighted by Gasteiger charge is 2.40. The Bertz CT molecular complexity index is 1810. The summed E-state index contributed by atoms with van der Waals surface area (Å²) in [5, 5.41) is 12.5. The zero-order valence-corrected chi connectivity index (χ0v) is 28.9. The van der Waals surface area contributed by atoms with E-state index in [9.17, 15) is 14.3 Å². The normalized spacial score (nSPS) is 22.0. The highest BCUT2D eigenvalue weighted by atomic mass is 19.1. The number of pyridine rings is 2. The smallest absolute Gasteiger partial charge is 0.255 e. The van der Waals surface area contributed by atoms with Gasteiger partial charge in [0.1, 0.15) is 5.82 Å². The van der Waals surface area contributed by atoms with E-state index in [1.165, 1.54) is 34.5 Å². The van der Waals surface area contributed by atoms with E-state index < -0.39 is 5.95 Å². The molecule has 4 aromatic rings. The SMILES string of the molecule is CC1(C)C[C@H](N2CCN(CCO)CC2)c2ccc(-c3ccc(CO[C@H]4CCC[C@@H]4NC(=O)c4cc(-c5ccc(F)nc5)cnc4N)cc3)cc21. The molecule has 2 aliphatic carbocycles. The van der Waals surface area contributed by atoms with E-state index >= 15 is 0 Å². The summed E-state index contributed by atoms with van der Waals surface area (Å²) in [5.74, 6) is -0.741. The number of aromatic nitrogens is 2. The molecule has 0 bridgehead atoms. The molecule has 50 heavy (non-hydrogen) atoms. The molecule has 10 heteroatoms. The van der Waals surface area contributed by atoms with Crippen LogP contribution in [0.5, 0.6) is 0 Å². The lowest BCUT2D eigenvalue weighted by Gasteiger charge is -2.38. The lowest BCUT2D eigenvalue weighted by atomic mass is 9.85. The van der Waals surface area contributed by atoms with Crippen LogP contribution in [0.1, 0.15) is 72.6 Å². The number of nitrogens with two attached hydrogens (primary N) is 1. The van der Waals surface area contributed by atoms with Gasteiger partial charge in [0, 0.05) is 62.3 Å². The number of halogens is 1. The summed E-state index contributed by atoms with van der Waals surface area (Å²) in [4.78, 5) is 26.2. The zero-order chi connectivity index (χ0) is 34.8. The number of β-amino-alcohol motifs (C(OH)–C–C–N with tert-alkyl or cyclic N) is 1. The number of aliphatic hydroxyl groups excluding tert-OH is 1. The van der Waals surface area contributed by atoms with Crippen molar-refractivity contribution in [1.82, 2.24) is 25.1 Å². The Balaban J connectivity index is 0.967. The number of benzene rings is 2. The van der Waals surface area contributed by atoms with Crippen LogP contribution in [0.2, 0.25) is 0 Å². The summed E-state index contributed by atoms with van der Waals surface area (Å²) in [7, 11) is 0. The van der Waals surface area contributed by atoms with Gasteiger partial charge < -0.3 is 20.9 Å². The largest absolute Gasteiger partial charge is 0.395 e. The number of carbonyl (C=O) groups excluding carboxylic acids is 1. The van der Waals surface area contributed by atoms with Crippen molar-refractivity contribution in [3.63, 3.8) is 0 Å². The van der Waals surface area contributed by atoms with E-state index in [2.05, 4.69) is 81.4 Å². The number of fused-ring (bicyclic) bond motifs is 1. The standard InChI is InChI=1S/C40H47FN6O3/c1-40(2)22-35(47-16-14-46(15-17-47)18-19-48)31-12-10-28(21-33(31)40)27-8-6-26(7-9-27)25-50-36-5-3-4-34(36)45-39(49)32-20-30(24-44-38(32)42)29-11-13-37(41)43-23-29/h6-13,20-21,23-24,34-36,48H,3-5,14-19,22,25H2,1-2H3,(H2,42,44)(H,45,49)/t34-,35-,36-/m0/s1. The molecule has 2 aromatic carbocycles. The predicted molar refractivity (Wildman–Crippen MR) is 193 cm³/mol. The number of amides is 1. The van der Waals surface area contributed by atoms with Gasteiger partial charge in [-0.05, 0) is 77.1 Å². The van der Waals surface area contributed by atoms with E-state index in [0.29, 0.717) is 23.8 Å². The van der Waals surface area contributed by atoms with E-state index in [4.69, 9.17) is 10.5 Å². The van der Waals surface area contributed by atoms with Gasteiger partial charge >= 0.3 is 0 Å². The molecule has 2 aromatic heterocycles. The average Bonchev–Trinajstić information content (AvgIpc) is 3.68. The fraction of sp³-hybridized carbons (Fsp3) is 0.425. The molecule has 9 nitrogen and oxygen atoms in total. The van der Waals surface area contributed by atoms with Gasteiger partial charge in [0.2, 0.25) is 5.95 Å². The van der Waals surface area contributed by atoms with Crippen molar-refractivity contribution in [2.45, 2.75) is 69.7 Å². The van der Waals surface area contributed by atoms with Crippen LogP contribution in [0.25, 0.3) is 22.3 Å². The van der Waals surface area contributed by atoms with Gasteiger partial charge in [-0.1, -0.05) is 56.3 Å². The van der Waals surface area contributed by atoms with Crippen LogP contribution < -0.4 is 11.1 Å². The summed E-state index contributed by atoms with van der Waals surface area (Å²) in [6.07, 6.45) is 6.61. The van der Waals surface area contributed by atoms with Crippen molar-refractivity contribution < 1.29 is 19.0 Å². The summed E-state index contributed by atoms with van der Waals surface area (Å²) in [5.41, 5.74) is 14.1. The van der Waals surface area contributed by atoms with Crippen LogP contribution in [-0.4, -0.2) is 82.3 Å². The summed E-state index contributed by atoms with van der Waals surface area (Å²) in [6, 6.07) is 20.4. The second kappa shape index (κ2) is 14.6. The van der Waals surface area contributed by atoms with Crippen molar-refractivity contribution in [3.05, 3.63) is 101 Å². The molecule has 1 saturated carbocycles. The monoisotopic (exact) mass is 678 g/mol. The number of nitrogens with zero attached hydrogens (tertiary/aromatic N) is 4. The van der Waals surface area contributed by atoms with Gasteiger partial charge in [-0.25, -0.2) is 9.97 Å². The van der Waals surface area contributed by atoms with E-state index in [0.717, 1.165) is 64.0 Å². The number of nitrogens with one attached hydrogen (secondary N) is 1. The first-order valence-electron chi connectivity index (χ1n) is 17.8. The van der Waals surface area contributed by atoms with E-state index in [1.54, 1.807) is 18.3 Å². The molecule has 0 spiro atoms. The Morgan fingerprint density at radius 1 is 0.960 bits per heavy atom. The third-order valence-corrected chi connectivity index (χ3v) is 10.9. The number of carbonyl (C=O) groups is 1. The number of aliphatic hydroxyl groups is 1. The Labute approximate surface area is 293 Å². The minimum Gasteiger partial charge on any atom is -0.395 e. The fourth-order valence-electron chi connectivity index (χ4n) is 7.98. The topological polar surface area (TPSA) is 117 Å². The summed E-state index contributed by atoms with van der Waals surface area (Å²) in [6.45, 7) is 10.3. The molecular formula is C40H47FN6O3. The molecular weight excluding hydrogens is 631 g/mol. The zero-order valence-electron chi connectivity index (χ0n) is 28.9. The molecule has 7 rings (SSSR count). The maximum atomic E-state index is 13.3.